The predicted molar refractivity (Wildman–Crippen MR) is 93.6 cm³/mol. The standard InChI is InChI=1S/C18H22F3O3S2/c19-18(20,21)26(22,23)24-17-10-8-15-14-6-5-11-3-1-2-4-12(11)13(14)7-9-16(15)25-17/h8,10-14H,1-7,9H2/q+1. The quantitative estimate of drug-likeness (QED) is 0.369. The second-order valence-electron chi connectivity index (χ2n) is 7.71. The van der Waals surface area contributed by atoms with Crippen LogP contribution >= 0.6 is 11.3 Å². The third kappa shape index (κ3) is 3.23. The maximum atomic E-state index is 12.5. The van der Waals surface area contributed by atoms with Gasteiger partial charge in [0.1, 0.15) is 0 Å². The van der Waals surface area contributed by atoms with E-state index in [4.69, 9.17) is 0 Å². The Hall–Kier alpha value is -0.890. The molecule has 0 saturated heterocycles. The summed E-state index contributed by atoms with van der Waals surface area (Å²) in [5, 5.41) is -0.203. The average molecular weight is 407 g/mol. The van der Waals surface area contributed by atoms with Crippen LogP contribution in [0.3, 0.4) is 0 Å². The summed E-state index contributed by atoms with van der Waals surface area (Å²) in [6, 6.07) is 3.19. The summed E-state index contributed by atoms with van der Waals surface area (Å²) in [6.07, 6.45) is 9.50. The lowest BCUT2D eigenvalue weighted by Gasteiger charge is -2.47. The van der Waals surface area contributed by atoms with Gasteiger partial charge < -0.3 is 4.18 Å². The highest BCUT2D eigenvalue weighted by molar-refractivity contribution is 7.88. The zero-order chi connectivity index (χ0) is 18.5. The van der Waals surface area contributed by atoms with Gasteiger partial charge in [0.05, 0.1) is 0 Å². The minimum absolute atomic E-state index is 0.203. The number of hydrogen-bond acceptors (Lipinski definition) is 3. The summed E-state index contributed by atoms with van der Waals surface area (Å²) in [7, 11) is -5.61. The summed E-state index contributed by atoms with van der Waals surface area (Å²) in [5.74, 6) is 2.75. The molecule has 1 aromatic heterocycles. The zero-order valence-corrected chi connectivity index (χ0v) is 15.9. The van der Waals surface area contributed by atoms with Crippen LogP contribution < -0.4 is 4.18 Å². The number of halogens is 3. The van der Waals surface area contributed by atoms with Crippen LogP contribution in [0.5, 0.6) is 5.06 Å². The van der Waals surface area contributed by atoms with Gasteiger partial charge >= 0.3 is 20.7 Å². The van der Waals surface area contributed by atoms with Crippen LogP contribution in [-0.4, -0.2) is 13.9 Å². The maximum absolute atomic E-state index is 12.5. The molecule has 0 N–H and O–H groups in total. The van der Waals surface area contributed by atoms with E-state index in [1.165, 1.54) is 43.7 Å². The average Bonchev–Trinajstić information content (AvgIpc) is 2.59. The van der Waals surface area contributed by atoms with Crippen LogP contribution in [0.4, 0.5) is 13.2 Å². The molecule has 1 heterocycles. The van der Waals surface area contributed by atoms with E-state index in [0.29, 0.717) is 11.8 Å². The maximum Gasteiger partial charge on any atom is 0.534 e. The van der Waals surface area contributed by atoms with Crippen molar-refractivity contribution in [2.45, 2.75) is 62.8 Å². The molecular formula is C18H22F3O3S2+. The van der Waals surface area contributed by atoms with Crippen molar-refractivity contribution in [1.29, 1.82) is 0 Å². The molecule has 8 heteroatoms. The number of aryl methyl sites for hydroxylation is 1. The lowest BCUT2D eigenvalue weighted by molar-refractivity contribution is -0.0498. The first kappa shape index (κ1) is 18.5. The molecule has 144 valence electrons. The SMILES string of the molecule is O=S(=O)(Oc1ccc2c([s+]1)CCC1C2CCC2CCCCC21)C(F)(F)F. The minimum atomic E-state index is -5.61. The molecule has 2 fully saturated rings. The van der Waals surface area contributed by atoms with Crippen LogP contribution in [0.2, 0.25) is 0 Å². The van der Waals surface area contributed by atoms with Gasteiger partial charge in [0, 0.05) is 18.1 Å². The van der Waals surface area contributed by atoms with Crippen molar-refractivity contribution >= 4 is 21.5 Å². The summed E-state index contributed by atoms with van der Waals surface area (Å²) < 4.78 is 64.4. The molecule has 3 nitrogen and oxygen atoms in total. The second-order valence-corrected chi connectivity index (χ2v) is 10.3. The van der Waals surface area contributed by atoms with Gasteiger partial charge in [-0.3, -0.25) is 0 Å². The van der Waals surface area contributed by atoms with E-state index >= 15 is 0 Å². The van der Waals surface area contributed by atoms with Gasteiger partial charge in [0.15, 0.2) is 0 Å². The van der Waals surface area contributed by atoms with E-state index < -0.39 is 15.6 Å². The van der Waals surface area contributed by atoms with Gasteiger partial charge in [-0.25, -0.2) is 0 Å². The molecule has 1 aromatic rings. The molecule has 26 heavy (non-hydrogen) atoms. The molecule has 4 atom stereocenters. The Bertz CT molecular complexity index is 791. The lowest BCUT2D eigenvalue weighted by atomic mass is 9.57. The lowest BCUT2D eigenvalue weighted by Crippen LogP contribution is -2.38. The van der Waals surface area contributed by atoms with Crippen molar-refractivity contribution < 1.29 is 25.8 Å². The Morgan fingerprint density at radius 3 is 2.54 bits per heavy atom. The minimum Gasteiger partial charge on any atom is -0.321 e. The molecular weight excluding hydrogens is 385 g/mol. The topological polar surface area (TPSA) is 43.4 Å². The van der Waals surface area contributed by atoms with Crippen molar-refractivity contribution in [2.24, 2.45) is 17.8 Å². The van der Waals surface area contributed by atoms with Gasteiger partial charge in [-0.2, -0.15) is 21.6 Å². The molecule has 0 aromatic carbocycles. The molecule has 4 rings (SSSR count). The first-order valence-electron chi connectivity index (χ1n) is 9.23. The monoisotopic (exact) mass is 407 g/mol. The molecule has 0 radical (unpaired) electrons. The fourth-order valence-electron chi connectivity index (χ4n) is 5.35. The van der Waals surface area contributed by atoms with E-state index in [0.717, 1.165) is 47.3 Å². The second kappa shape index (κ2) is 6.62. The highest BCUT2D eigenvalue weighted by Gasteiger charge is 2.50. The van der Waals surface area contributed by atoms with Crippen molar-refractivity contribution in [3.05, 3.63) is 22.6 Å². The molecule has 0 amide bonds. The number of alkyl halides is 3. The van der Waals surface area contributed by atoms with E-state index in [2.05, 4.69) is 4.18 Å². The van der Waals surface area contributed by atoms with E-state index in [1.807, 2.05) is 0 Å². The Labute approximate surface area is 155 Å². The first-order valence-corrected chi connectivity index (χ1v) is 11.5. The number of hydrogen-bond donors (Lipinski definition) is 0. The van der Waals surface area contributed by atoms with Crippen LogP contribution in [0.25, 0.3) is 0 Å². The van der Waals surface area contributed by atoms with Gasteiger partial charge in [0.2, 0.25) is 4.88 Å². The predicted octanol–water partition coefficient (Wildman–Crippen LogP) is 5.50. The molecule has 3 aliphatic carbocycles. The van der Waals surface area contributed by atoms with E-state index in [9.17, 15) is 21.6 Å². The van der Waals surface area contributed by atoms with Crippen molar-refractivity contribution in [2.75, 3.05) is 0 Å². The molecule has 0 bridgehead atoms. The Morgan fingerprint density at radius 2 is 1.77 bits per heavy atom. The van der Waals surface area contributed by atoms with Crippen LogP contribution in [0, 0.1) is 17.8 Å². The third-order valence-electron chi connectivity index (χ3n) is 6.41. The summed E-state index contributed by atoms with van der Waals surface area (Å²) >= 11 is 1.05. The summed E-state index contributed by atoms with van der Waals surface area (Å²) in [5.41, 5.74) is -4.20. The Kier molecular flexibility index (Phi) is 4.70. The smallest absolute Gasteiger partial charge is 0.321 e. The molecule has 2 saturated carbocycles. The fraction of sp³-hybridized carbons (Fsp3) is 0.722. The number of fused-ring (bicyclic) bond motifs is 5. The molecule has 4 unspecified atom stereocenters. The van der Waals surface area contributed by atoms with Crippen molar-refractivity contribution in [1.82, 2.24) is 0 Å². The Morgan fingerprint density at radius 1 is 1.00 bits per heavy atom. The number of rotatable bonds is 2. The molecule has 0 spiro atoms. The Balaban J connectivity index is 1.58. The fourth-order valence-corrected chi connectivity index (χ4v) is 7.06. The van der Waals surface area contributed by atoms with Gasteiger partial charge in [-0.15, -0.1) is 0 Å². The molecule has 0 aliphatic heterocycles. The normalized spacial score (nSPS) is 31.5. The van der Waals surface area contributed by atoms with Gasteiger partial charge in [-0.1, -0.05) is 19.3 Å². The van der Waals surface area contributed by atoms with Crippen molar-refractivity contribution in [3.8, 4) is 5.06 Å². The zero-order valence-electron chi connectivity index (χ0n) is 14.3. The van der Waals surface area contributed by atoms with Crippen molar-refractivity contribution in [3.63, 3.8) is 0 Å². The van der Waals surface area contributed by atoms with E-state index in [-0.39, 0.29) is 5.06 Å². The summed E-state index contributed by atoms with van der Waals surface area (Å²) in [6.45, 7) is 0. The van der Waals surface area contributed by atoms with Crippen LogP contribution in [0.15, 0.2) is 12.1 Å². The van der Waals surface area contributed by atoms with Gasteiger partial charge in [-0.05, 0) is 55.4 Å². The highest BCUT2D eigenvalue weighted by Crippen LogP contribution is 2.54. The highest BCUT2D eigenvalue weighted by atomic mass is 32.2. The van der Waals surface area contributed by atoms with Crippen LogP contribution in [0.1, 0.15) is 61.3 Å². The summed E-state index contributed by atoms with van der Waals surface area (Å²) in [4.78, 5) is 0.982. The van der Waals surface area contributed by atoms with Crippen LogP contribution in [-0.2, 0) is 16.5 Å². The van der Waals surface area contributed by atoms with Gasteiger partial charge in [0.25, 0.3) is 11.3 Å². The largest absolute Gasteiger partial charge is 0.534 e. The first-order chi connectivity index (χ1) is 12.3. The molecule has 3 aliphatic rings. The van der Waals surface area contributed by atoms with E-state index in [1.54, 1.807) is 6.07 Å². The third-order valence-corrected chi connectivity index (χ3v) is 8.59.